The lowest BCUT2D eigenvalue weighted by Gasteiger charge is -2.12. The van der Waals surface area contributed by atoms with Crippen LogP contribution in [0.25, 0.3) is 0 Å². The number of hydrogen-bond donors (Lipinski definition) is 2. The summed E-state index contributed by atoms with van der Waals surface area (Å²) >= 11 is 2.29. The summed E-state index contributed by atoms with van der Waals surface area (Å²) in [6, 6.07) is 5.15. The third-order valence-electron chi connectivity index (χ3n) is 2.19. The van der Waals surface area contributed by atoms with Crippen molar-refractivity contribution in [3.8, 4) is 0 Å². The SMILES string of the molecule is CN1Nc2cc(C(=O)O)ccc2C1I. The second-order valence-corrected chi connectivity index (χ2v) is 4.35. The summed E-state index contributed by atoms with van der Waals surface area (Å²) in [5.74, 6) is -0.894. The van der Waals surface area contributed by atoms with Gasteiger partial charge in [0.05, 0.1) is 11.3 Å². The van der Waals surface area contributed by atoms with Crippen molar-refractivity contribution in [2.45, 2.75) is 4.05 Å². The lowest BCUT2D eigenvalue weighted by Crippen LogP contribution is -2.18. The Kier molecular flexibility index (Phi) is 2.36. The first-order valence-electron chi connectivity index (χ1n) is 4.10. The smallest absolute Gasteiger partial charge is 0.335 e. The molecular formula is C9H9IN2O2. The van der Waals surface area contributed by atoms with Crippen LogP contribution in [0.3, 0.4) is 0 Å². The number of alkyl halides is 1. The van der Waals surface area contributed by atoms with Crippen molar-refractivity contribution >= 4 is 34.2 Å². The van der Waals surface area contributed by atoms with E-state index in [1.807, 2.05) is 18.1 Å². The molecule has 4 nitrogen and oxygen atoms in total. The van der Waals surface area contributed by atoms with Gasteiger partial charge in [0.15, 0.2) is 0 Å². The molecule has 0 fully saturated rings. The molecule has 14 heavy (non-hydrogen) atoms. The number of nitrogens with one attached hydrogen (secondary N) is 1. The number of hydrazine groups is 1. The van der Waals surface area contributed by atoms with E-state index in [0.29, 0.717) is 5.56 Å². The second kappa shape index (κ2) is 3.39. The topological polar surface area (TPSA) is 52.6 Å². The Morgan fingerprint density at radius 2 is 2.36 bits per heavy atom. The molecular weight excluding hydrogens is 295 g/mol. The molecule has 0 radical (unpaired) electrons. The maximum atomic E-state index is 10.7. The molecule has 1 aliphatic heterocycles. The van der Waals surface area contributed by atoms with Gasteiger partial charge in [-0.15, -0.1) is 0 Å². The number of benzene rings is 1. The molecule has 0 saturated heterocycles. The van der Waals surface area contributed by atoms with Gasteiger partial charge in [-0.05, 0) is 12.1 Å². The van der Waals surface area contributed by atoms with Crippen molar-refractivity contribution in [2.24, 2.45) is 0 Å². The molecule has 5 heteroatoms. The van der Waals surface area contributed by atoms with Gasteiger partial charge in [-0.2, -0.15) is 0 Å². The van der Waals surface area contributed by atoms with Crippen LogP contribution >= 0.6 is 22.6 Å². The fourth-order valence-corrected chi connectivity index (χ4v) is 2.13. The Morgan fingerprint density at radius 1 is 1.64 bits per heavy atom. The quantitative estimate of drug-likeness (QED) is 0.474. The Bertz CT molecular complexity index is 394. The van der Waals surface area contributed by atoms with Crippen LogP contribution in [0.5, 0.6) is 0 Å². The van der Waals surface area contributed by atoms with Crippen molar-refractivity contribution in [2.75, 3.05) is 12.5 Å². The van der Waals surface area contributed by atoms with E-state index in [0.717, 1.165) is 11.3 Å². The molecule has 2 N–H and O–H groups in total. The van der Waals surface area contributed by atoms with E-state index in [-0.39, 0.29) is 4.05 Å². The minimum Gasteiger partial charge on any atom is -0.478 e. The number of nitrogens with zero attached hydrogens (tertiary/aromatic N) is 1. The summed E-state index contributed by atoms with van der Waals surface area (Å²) < 4.78 is 0.255. The van der Waals surface area contributed by atoms with Gasteiger partial charge in [0, 0.05) is 12.6 Å². The number of halogens is 1. The van der Waals surface area contributed by atoms with E-state index < -0.39 is 5.97 Å². The molecule has 2 rings (SSSR count). The third-order valence-corrected chi connectivity index (χ3v) is 3.70. The zero-order valence-electron chi connectivity index (χ0n) is 7.49. The summed E-state index contributed by atoms with van der Waals surface area (Å²) in [5, 5.41) is 10.7. The Hall–Kier alpha value is -0.820. The minimum absolute atomic E-state index is 0.255. The molecule has 74 valence electrons. The third kappa shape index (κ3) is 1.46. The van der Waals surface area contributed by atoms with E-state index in [2.05, 4.69) is 28.0 Å². The number of anilines is 1. The largest absolute Gasteiger partial charge is 0.478 e. The second-order valence-electron chi connectivity index (χ2n) is 3.17. The van der Waals surface area contributed by atoms with Crippen molar-refractivity contribution in [1.29, 1.82) is 0 Å². The molecule has 1 aliphatic rings. The van der Waals surface area contributed by atoms with Gasteiger partial charge < -0.3 is 10.5 Å². The normalized spacial score (nSPS) is 20.3. The predicted molar refractivity (Wildman–Crippen MR) is 61.5 cm³/mol. The number of aromatic carboxylic acids is 1. The standard InChI is InChI=1S/C9H9IN2O2/c1-12-8(10)6-3-2-5(9(13)14)4-7(6)11-12/h2-4,8,11H,1H3,(H,13,14). The lowest BCUT2D eigenvalue weighted by atomic mass is 10.1. The predicted octanol–water partition coefficient (Wildman–Crippen LogP) is 2.09. The number of carboxylic acids is 1. The van der Waals surface area contributed by atoms with Gasteiger partial charge in [-0.1, -0.05) is 28.7 Å². The van der Waals surface area contributed by atoms with Gasteiger partial charge in [0.2, 0.25) is 0 Å². The molecule has 0 aliphatic carbocycles. The fraction of sp³-hybridized carbons (Fsp3) is 0.222. The van der Waals surface area contributed by atoms with Crippen LogP contribution < -0.4 is 5.43 Å². The maximum absolute atomic E-state index is 10.7. The molecule has 1 aromatic carbocycles. The zero-order valence-corrected chi connectivity index (χ0v) is 9.65. The number of carboxylic acid groups (broad SMARTS) is 1. The summed E-state index contributed by atoms with van der Waals surface area (Å²) in [7, 11) is 1.93. The van der Waals surface area contributed by atoms with Crippen molar-refractivity contribution in [3.05, 3.63) is 29.3 Å². The molecule has 0 aromatic heterocycles. The molecule has 0 bridgehead atoms. The monoisotopic (exact) mass is 304 g/mol. The summed E-state index contributed by atoms with van der Waals surface area (Å²) in [6.45, 7) is 0. The highest BCUT2D eigenvalue weighted by Crippen LogP contribution is 2.38. The van der Waals surface area contributed by atoms with Crippen LogP contribution in [0, 0.1) is 0 Å². The summed E-state index contributed by atoms with van der Waals surface area (Å²) in [6.07, 6.45) is 0. The van der Waals surface area contributed by atoms with Crippen molar-refractivity contribution in [3.63, 3.8) is 0 Å². The fourth-order valence-electron chi connectivity index (χ4n) is 1.45. The van der Waals surface area contributed by atoms with Gasteiger partial charge in [-0.25, -0.2) is 9.80 Å². The van der Waals surface area contributed by atoms with Crippen molar-refractivity contribution in [1.82, 2.24) is 5.01 Å². The van der Waals surface area contributed by atoms with Crippen molar-refractivity contribution < 1.29 is 9.90 Å². The Morgan fingerprint density at radius 3 is 3.00 bits per heavy atom. The number of rotatable bonds is 1. The molecule has 0 spiro atoms. The van der Waals surface area contributed by atoms with Crippen LogP contribution in [0.2, 0.25) is 0 Å². The molecule has 0 saturated carbocycles. The van der Waals surface area contributed by atoms with Gasteiger partial charge in [-0.3, -0.25) is 0 Å². The van der Waals surface area contributed by atoms with Gasteiger partial charge in [0.25, 0.3) is 0 Å². The van der Waals surface area contributed by atoms with Gasteiger partial charge >= 0.3 is 5.97 Å². The highest BCUT2D eigenvalue weighted by atomic mass is 127. The van der Waals surface area contributed by atoms with E-state index in [9.17, 15) is 4.79 Å². The van der Waals surface area contributed by atoms with E-state index in [1.54, 1.807) is 12.1 Å². The molecule has 1 atom stereocenters. The number of fused-ring (bicyclic) bond motifs is 1. The first-order valence-corrected chi connectivity index (χ1v) is 5.35. The Labute approximate surface area is 95.0 Å². The van der Waals surface area contributed by atoms with Gasteiger partial charge in [0.1, 0.15) is 4.05 Å². The summed E-state index contributed by atoms with van der Waals surface area (Å²) in [5.41, 5.74) is 5.42. The number of carbonyl (C=O) groups is 1. The maximum Gasteiger partial charge on any atom is 0.335 e. The zero-order chi connectivity index (χ0) is 10.3. The highest BCUT2D eigenvalue weighted by Gasteiger charge is 2.25. The minimum atomic E-state index is -0.894. The summed E-state index contributed by atoms with van der Waals surface area (Å²) in [4.78, 5) is 10.7. The molecule has 1 aromatic rings. The Balaban J connectivity index is 2.44. The molecule has 1 heterocycles. The van der Waals surface area contributed by atoms with Crippen LogP contribution in [0.4, 0.5) is 5.69 Å². The first-order chi connectivity index (χ1) is 6.59. The van der Waals surface area contributed by atoms with E-state index in [1.165, 1.54) is 0 Å². The van der Waals surface area contributed by atoms with E-state index >= 15 is 0 Å². The van der Waals surface area contributed by atoms with Crippen LogP contribution in [0.1, 0.15) is 20.0 Å². The number of hydrogen-bond acceptors (Lipinski definition) is 3. The average Bonchev–Trinajstić information content (AvgIpc) is 2.42. The van der Waals surface area contributed by atoms with Crippen LogP contribution in [-0.2, 0) is 0 Å². The van der Waals surface area contributed by atoms with Crippen LogP contribution in [0.15, 0.2) is 18.2 Å². The average molecular weight is 304 g/mol. The molecule has 0 amide bonds. The first kappa shape index (κ1) is 9.72. The van der Waals surface area contributed by atoms with Crippen LogP contribution in [-0.4, -0.2) is 23.1 Å². The highest BCUT2D eigenvalue weighted by molar-refractivity contribution is 14.1. The lowest BCUT2D eigenvalue weighted by molar-refractivity contribution is 0.0697. The van der Waals surface area contributed by atoms with E-state index in [4.69, 9.17) is 5.11 Å². The molecule has 1 unspecified atom stereocenters.